The molecule has 2 aromatic rings. The first-order valence-electron chi connectivity index (χ1n) is 10.1. The molecule has 0 spiro atoms. The highest BCUT2D eigenvalue weighted by Crippen LogP contribution is 2.39. The maximum absolute atomic E-state index is 13.3. The molecule has 0 aromatic heterocycles. The van der Waals surface area contributed by atoms with Crippen molar-refractivity contribution < 1.29 is 8.42 Å². The second-order valence-corrected chi connectivity index (χ2v) is 11.3. The number of rotatable bonds is 7. The zero-order chi connectivity index (χ0) is 20.3. The summed E-state index contributed by atoms with van der Waals surface area (Å²) in [5.74, 6) is 0.755. The first-order chi connectivity index (χ1) is 14.0. The molecule has 1 saturated heterocycles. The first-order valence-corrected chi connectivity index (χ1v) is 13.3. The van der Waals surface area contributed by atoms with Crippen molar-refractivity contribution in [2.24, 2.45) is 0 Å². The SMILES string of the molecule is O=S(=O)(c1ccc(Br)cc1)N1CCSc2ccc(NCCCN3CCCC3)cc21. The molecule has 2 aliphatic heterocycles. The van der Waals surface area contributed by atoms with Crippen LogP contribution in [0.4, 0.5) is 11.4 Å². The number of sulfonamides is 1. The van der Waals surface area contributed by atoms with Gasteiger partial charge < -0.3 is 10.2 Å². The number of hydrogen-bond donors (Lipinski definition) is 1. The van der Waals surface area contributed by atoms with Crippen LogP contribution in [0.3, 0.4) is 0 Å². The van der Waals surface area contributed by atoms with Gasteiger partial charge in [-0.25, -0.2) is 8.42 Å². The normalized spacial score (nSPS) is 17.3. The number of benzene rings is 2. The number of likely N-dealkylation sites (tertiary alicyclic amines) is 1. The molecule has 0 aliphatic carbocycles. The van der Waals surface area contributed by atoms with E-state index in [-0.39, 0.29) is 0 Å². The predicted octanol–water partition coefficient (Wildman–Crippen LogP) is 4.65. The highest BCUT2D eigenvalue weighted by atomic mass is 79.9. The topological polar surface area (TPSA) is 52.7 Å². The summed E-state index contributed by atoms with van der Waals surface area (Å²) in [5, 5.41) is 3.47. The zero-order valence-electron chi connectivity index (χ0n) is 16.3. The molecule has 1 N–H and O–H groups in total. The summed E-state index contributed by atoms with van der Waals surface area (Å²) < 4.78 is 28.9. The van der Waals surface area contributed by atoms with E-state index in [2.05, 4.69) is 32.2 Å². The summed E-state index contributed by atoms with van der Waals surface area (Å²) in [5.41, 5.74) is 1.75. The van der Waals surface area contributed by atoms with Crippen molar-refractivity contribution in [2.45, 2.75) is 29.1 Å². The van der Waals surface area contributed by atoms with Crippen molar-refractivity contribution in [1.29, 1.82) is 0 Å². The Labute approximate surface area is 186 Å². The Balaban J connectivity index is 1.48. The fourth-order valence-electron chi connectivity index (χ4n) is 3.83. The second kappa shape index (κ2) is 9.29. The Hall–Kier alpha value is -1.22. The molecular formula is C21H26BrN3O2S2. The number of nitrogens with one attached hydrogen (secondary N) is 1. The number of thioether (sulfide) groups is 1. The Kier molecular flexibility index (Phi) is 6.73. The molecular weight excluding hydrogens is 470 g/mol. The lowest BCUT2D eigenvalue weighted by Crippen LogP contribution is -2.35. The molecule has 0 radical (unpaired) electrons. The van der Waals surface area contributed by atoms with E-state index in [0.29, 0.717) is 11.4 Å². The summed E-state index contributed by atoms with van der Waals surface area (Å²) >= 11 is 5.08. The predicted molar refractivity (Wildman–Crippen MR) is 125 cm³/mol. The van der Waals surface area contributed by atoms with Gasteiger partial charge in [0.05, 0.1) is 10.6 Å². The molecule has 2 aromatic carbocycles. The molecule has 156 valence electrons. The molecule has 0 unspecified atom stereocenters. The van der Waals surface area contributed by atoms with Crippen LogP contribution < -0.4 is 9.62 Å². The summed E-state index contributed by atoms with van der Waals surface area (Å²) in [4.78, 5) is 3.85. The van der Waals surface area contributed by atoms with E-state index < -0.39 is 10.0 Å². The molecule has 29 heavy (non-hydrogen) atoms. The standard InChI is InChI=1S/C21H26BrN3O2S2/c22-17-4-7-19(8-5-17)29(26,27)25-14-15-28-21-9-6-18(16-20(21)25)23-10-3-13-24-11-1-2-12-24/h4-9,16,23H,1-3,10-15H2. The third-order valence-electron chi connectivity index (χ3n) is 5.36. The van der Waals surface area contributed by atoms with Gasteiger partial charge in [-0.15, -0.1) is 11.8 Å². The van der Waals surface area contributed by atoms with Crippen molar-refractivity contribution in [2.75, 3.05) is 48.1 Å². The van der Waals surface area contributed by atoms with E-state index in [1.54, 1.807) is 40.3 Å². The lowest BCUT2D eigenvalue weighted by Gasteiger charge is -2.30. The van der Waals surface area contributed by atoms with Crippen LogP contribution in [0.1, 0.15) is 19.3 Å². The van der Waals surface area contributed by atoms with Gasteiger partial charge in [0.1, 0.15) is 0 Å². The summed E-state index contributed by atoms with van der Waals surface area (Å²) in [6, 6.07) is 12.9. The van der Waals surface area contributed by atoms with Crippen LogP contribution >= 0.6 is 27.7 Å². The van der Waals surface area contributed by atoms with Crippen LogP contribution in [0, 0.1) is 0 Å². The Morgan fingerprint density at radius 3 is 2.55 bits per heavy atom. The van der Waals surface area contributed by atoms with Crippen LogP contribution in [0.2, 0.25) is 0 Å². The lowest BCUT2D eigenvalue weighted by atomic mass is 10.2. The number of nitrogens with zero attached hydrogens (tertiary/aromatic N) is 2. The van der Waals surface area contributed by atoms with E-state index in [1.807, 2.05) is 12.1 Å². The molecule has 0 atom stereocenters. The van der Waals surface area contributed by atoms with Crippen molar-refractivity contribution in [3.63, 3.8) is 0 Å². The Bertz CT molecular complexity index is 945. The van der Waals surface area contributed by atoms with Gasteiger partial charge >= 0.3 is 0 Å². The smallest absolute Gasteiger partial charge is 0.264 e. The van der Waals surface area contributed by atoms with Gasteiger partial charge in [0.15, 0.2) is 0 Å². The minimum atomic E-state index is -3.58. The number of hydrogen-bond acceptors (Lipinski definition) is 5. The Morgan fingerprint density at radius 2 is 1.79 bits per heavy atom. The molecule has 5 nitrogen and oxygen atoms in total. The van der Waals surface area contributed by atoms with Crippen LogP contribution in [0.5, 0.6) is 0 Å². The molecule has 0 saturated carbocycles. The highest BCUT2D eigenvalue weighted by Gasteiger charge is 2.29. The number of anilines is 2. The van der Waals surface area contributed by atoms with Gasteiger partial charge in [-0.2, -0.15) is 0 Å². The van der Waals surface area contributed by atoms with Crippen LogP contribution in [-0.2, 0) is 10.0 Å². The average Bonchev–Trinajstić information content (AvgIpc) is 3.24. The largest absolute Gasteiger partial charge is 0.385 e. The van der Waals surface area contributed by atoms with E-state index in [0.717, 1.165) is 46.0 Å². The van der Waals surface area contributed by atoms with Crippen molar-refractivity contribution >= 4 is 49.1 Å². The van der Waals surface area contributed by atoms with Gasteiger partial charge in [-0.1, -0.05) is 15.9 Å². The minimum Gasteiger partial charge on any atom is -0.385 e. The maximum Gasteiger partial charge on any atom is 0.264 e. The van der Waals surface area contributed by atoms with E-state index in [9.17, 15) is 8.42 Å². The van der Waals surface area contributed by atoms with Gasteiger partial charge in [-0.05, 0) is 81.4 Å². The number of fused-ring (bicyclic) bond motifs is 1. The number of halogens is 1. The minimum absolute atomic E-state index is 0.322. The molecule has 1 fully saturated rings. The van der Waals surface area contributed by atoms with Crippen LogP contribution in [-0.4, -0.2) is 51.8 Å². The van der Waals surface area contributed by atoms with Crippen molar-refractivity contribution in [1.82, 2.24) is 4.90 Å². The van der Waals surface area contributed by atoms with Gasteiger partial charge in [0.2, 0.25) is 0 Å². The fourth-order valence-corrected chi connectivity index (χ4v) is 6.72. The zero-order valence-corrected chi connectivity index (χ0v) is 19.5. The monoisotopic (exact) mass is 495 g/mol. The van der Waals surface area contributed by atoms with E-state index in [4.69, 9.17) is 0 Å². The van der Waals surface area contributed by atoms with Gasteiger partial charge in [0.25, 0.3) is 10.0 Å². The quantitative estimate of drug-likeness (QED) is 0.566. The summed E-state index contributed by atoms with van der Waals surface area (Å²) in [6.07, 6.45) is 3.73. The molecule has 2 heterocycles. The third kappa shape index (κ3) is 4.93. The second-order valence-electron chi connectivity index (χ2n) is 7.39. The van der Waals surface area contributed by atoms with Gasteiger partial charge in [-0.3, -0.25) is 4.31 Å². The maximum atomic E-state index is 13.3. The average molecular weight is 496 g/mol. The molecule has 0 amide bonds. The van der Waals surface area contributed by atoms with Gasteiger partial charge in [0, 0.05) is 33.9 Å². The van der Waals surface area contributed by atoms with Crippen LogP contribution in [0.15, 0.2) is 56.7 Å². The Morgan fingerprint density at radius 1 is 1.03 bits per heavy atom. The summed E-state index contributed by atoms with van der Waals surface area (Å²) in [7, 11) is -3.58. The van der Waals surface area contributed by atoms with E-state index >= 15 is 0 Å². The van der Waals surface area contributed by atoms with Crippen molar-refractivity contribution in [3.8, 4) is 0 Å². The molecule has 2 aliphatic rings. The highest BCUT2D eigenvalue weighted by molar-refractivity contribution is 9.10. The fraction of sp³-hybridized carbons (Fsp3) is 0.429. The van der Waals surface area contributed by atoms with Crippen molar-refractivity contribution in [3.05, 3.63) is 46.9 Å². The van der Waals surface area contributed by atoms with E-state index in [1.165, 1.54) is 25.9 Å². The van der Waals surface area contributed by atoms with Crippen LogP contribution in [0.25, 0.3) is 0 Å². The molecule has 8 heteroatoms. The first kappa shape index (κ1) is 21.0. The summed E-state index contributed by atoms with van der Waals surface area (Å²) in [6.45, 7) is 4.94. The molecule has 0 bridgehead atoms. The third-order valence-corrected chi connectivity index (χ3v) is 8.76. The molecule has 4 rings (SSSR count). The lowest BCUT2D eigenvalue weighted by molar-refractivity contribution is 0.337.